The lowest BCUT2D eigenvalue weighted by Crippen LogP contribution is -2.57. The third kappa shape index (κ3) is 4.97. The third-order valence-electron chi connectivity index (χ3n) is 5.87. The zero-order chi connectivity index (χ0) is 20.5. The number of likely N-dealkylation sites (tertiary alicyclic amines) is 2. The highest BCUT2D eigenvalue weighted by atomic mass is 35.5. The van der Waals surface area contributed by atoms with Crippen LogP contribution in [0.2, 0.25) is 0 Å². The number of rotatable bonds is 6. The van der Waals surface area contributed by atoms with Crippen molar-refractivity contribution in [3.8, 4) is 0 Å². The van der Waals surface area contributed by atoms with E-state index >= 15 is 0 Å². The summed E-state index contributed by atoms with van der Waals surface area (Å²) >= 11 is 6.41. The molecule has 1 aromatic heterocycles. The van der Waals surface area contributed by atoms with Gasteiger partial charge in [0, 0.05) is 50.3 Å². The van der Waals surface area contributed by atoms with Gasteiger partial charge in [0.2, 0.25) is 0 Å². The lowest BCUT2D eigenvalue weighted by Gasteiger charge is -2.49. The van der Waals surface area contributed by atoms with Crippen molar-refractivity contribution in [1.29, 1.82) is 0 Å². The molecule has 1 spiro atoms. The summed E-state index contributed by atoms with van der Waals surface area (Å²) in [5.74, 6) is 0.729. The molecule has 156 valence electrons. The van der Waals surface area contributed by atoms with E-state index in [9.17, 15) is 0 Å². The van der Waals surface area contributed by atoms with Gasteiger partial charge >= 0.3 is 0 Å². The monoisotopic (exact) mass is 407 g/mol. The van der Waals surface area contributed by atoms with Crippen molar-refractivity contribution in [2.24, 2.45) is 21.6 Å². The van der Waals surface area contributed by atoms with Crippen LogP contribution in [0, 0.1) is 17.8 Å². The minimum atomic E-state index is 0.400. The molecule has 0 saturated carbocycles. The van der Waals surface area contributed by atoms with E-state index < -0.39 is 0 Å². The Hall–Kier alpha value is -1.37. The topological polar surface area (TPSA) is 70.9 Å². The summed E-state index contributed by atoms with van der Waals surface area (Å²) in [6.45, 7) is 15.2. The van der Waals surface area contributed by atoms with Crippen molar-refractivity contribution < 1.29 is 4.52 Å². The van der Waals surface area contributed by atoms with Crippen molar-refractivity contribution in [1.82, 2.24) is 15.0 Å². The molecule has 2 aliphatic rings. The molecule has 2 fully saturated rings. The van der Waals surface area contributed by atoms with Crippen LogP contribution in [0.25, 0.3) is 5.70 Å². The molecule has 7 heteroatoms. The van der Waals surface area contributed by atoms with E-state index in [1.807, 2.05) is 13.0 Å². The molecule has 6 nitrogen and oxygen atoms in total. The van der Waals surface area contributed by atoms with Crippen molar-refractivity contribution >= 4 is 22.5 Å². The summed E-state index contributed by atoms with van der Waals surface area (Å²) < 4.78 is 5.17. The molecule has 0 radical (unpaired) electrons. The summed E-state index contributed by atoms with van der Waals surface area (Å²) in [6, 6.07) is 1.83. The van der Waals surface area contributed by atoms with Crippen LogP contribution in [0.15, 0.2) is 21.2 Å². The first-order chi connectivity index (χ1) is 13.1. The van der Waals surface area contributed by atoms with Crippen molar-refractivity contribution in [3.63, 3.8) is 0 Å². The molecule has 2 aliphatic heterocycles. The first-order valence-corrected chi connectivity index (χ1v) is 10.5. The molecule has 2 saturated heterocycles. The number of hydrogen-bond donors (Lipinski definition) is 1. The van der Waals surface area contributed by atoms with Crippen molar-refractivity contribution in [3.05, 3.63) is 23.1 Å². The Balaban J connectivity index is 1.62. The van der Waals surface area contributed by atoms with Crippen molar-refractivity contribution in [2.75, 3.05) is 46.3 Å². The SMILES string of the molecule is CN=C(Cl)/C(CN1CCC2(C1)CN(CCC(C)(C)C)C2)=C(\N)c1cc(C)on1. The van der Waals surface area contributed by atoms with Gasteiger partial charge < -0.3 is 15.2 Å². The zero-order valence-corrected chi connectivity index (χ0v) is 18.6. The van der Waals surface area contributed by atoms with E-state index in [2.05, 4.69) is 40.7 Å². The van der Waals surface area contributed by atoms with Gasteiger partial charge in [-0.05, 0) is 38.3 Å². The first kappa shape index (κ1) is 21.3. The van der Waals surface area contributed by atoms with Gasteiger partial charge in [0.05, 0.1) is 5.70 Å². The Labute approximate surface area is 173 Å². The number of aliphatic imine (C=N–C) groups is 1. The normalized spacial score (nSPS) is 21.9. The second-order valence-corrected chi connectivity index (χ2v) is 10.1. The van der Waals surface area contributed by atoms with Gasteiger partial charge in [-0.15, -0.1) is 0 Å². The molecule has 0 aromatic carbocycles. The average Bonchev–Trinajstić information content (AvgIpc) is 3.21. The lowest BCUT2D eigenvalue weighted by molar-refractivity contribution is 0.00266. The Morgan fingerprint density at radius 3 is 2.57 bits per heavy atom. The van der Waals surface area contributed by atoms with E-state index in [4.69, 9.17) is 21.9 Å². The Morgan fingerprint density at radius 1 is 1.32 bits per heavy atom. The fourth-order valence-electron chi connectivity index (χ4n) is 4.24. The number of aromatic nitrogens is 1. The molecule has 0 aliphatic carbocycles. The maximum absolute atomic E-state index is 6.41. The van der Waals surface area contributed by atoms with Gasteiger partial charge in [0.25, 0.3) is 0 Å². The quantitative estimate of drug-likeness (QED) is 0.732. The zero-order valence-electron chi connectivity index (χ0n) is 17.9. The number of nitrogens with zero attached hydrogens (tertiary/aromatic N) is 4. The molecule has 1 aromatic rings. The molecule has 2 N–H and O–H groups in total. The number of halogens is 1. The summed E-state index contributed by atoms with van der Waals surface area (Å²) in [5, 5.41) is 4.48. The summed E-state index contributed by atoms with van der Waals surface area (Å²) in [5.41, 5.74) is 9.22. The van der Waals surface area contributed by atoms with Crippen LogP contribution in [-0.4, -0.2) is 66.4 Å². The highest BCUT2D eigenvalue weighted by Crippen LogP contribution is 2.40. The summed E-state index contributed by atoms with van der Waals surface area (Å²) in [6.07, 6.45) is 2.48. The van der Waals surface area contributed by atoms with Crippen LogP contribution in [0.3, 0.4) is 0 Å². The number of hydrogen-bond acceptors (Lipinski definition) is 6. The lowest BCUT2D eigenvalue weighted by atomic mass is 9.78. The molecular weight excluding hydrogens is 374 g/mol. The largest absolute Gasteiger partial charge is 0.397 e. The maximum atomic E-state index is 6.41. The smallest absolute Gasteiger partial charge is 0.134 e. The Bertz CT molecular complexity index is 755. The molecular formula is C21H34ClN5O. The highest BCUT2D eigenvalue weighted by molar-refractivity contribution is 6.70. The van der Waals surface area contributed by atoms with Gasteiger partial charge in [0.1, 0.15) is 16.6 Å². The minimum absolute atomic E-state index is 0.400. The summed E-state index contributed by atoms with van der Waals surface area (Å²) in [7, 11) is 1.69. The fourth-order valence-corrected chi connectivity index (χ4v) is 4.40. The maximum Gasteiger partial charge on any atom is 0.134 e. The average molecular weight is 408 g/mol. The van der Waals surface area contributed by atoms with Gasteiger partial charge in [-0.1, -0.05) is 37.5 Å². The predicted molar refractivity (Wildman–Crippen MR) is 116 cm³/mol. The molecule has 0 unspecified atom stereocenters. The van der Waals surface area contributed by atoms with Gasteiger partial charge in [-0.25, -0.2) is 0 Å². The fraction of sp³-hybridized carbons (Fsp3) is 0.714. The van der Waals surface area contributed by atoms with E-state index in [-0.39, 0.29) is 0 Å². The number of nitrogens with two attached hydrogens (primary N) is 1. The molecule has 0 amide bonds. The second kappa shape index (κ2) is 8.17. The summed E-state index contributed by atoms with van der Waals surface area (Å²) in [4.78, 5) is 9.21. The molecule has 3 heterocycles. The second-order valence-electron chi connectivity index (χ2n) is 9.71. The molecule has 3 rings (SSSR count). The van der Waals surface area contributed by atoms with Gasteiger partial charge in [0.15, 0.2) is 0 Å². The molecule has 0 atom stereocenters. The Morgan fingerprint density at radius 2 is 2.00 bits per heavy atom. The first-order valence-electron chi connectivity index (χ1n) is 10.1. The molecule has 0 bridgehead atoms. The van der Waals surface area contributed by atoms with E-state index in [1.54, 1.807) is 7.05 Å². The van der Waals surface area contributed by atoms with Crippen molar-refractivity contribution in [2.45, 2.75) is 40.5 Å². The van der Waals surface area contributed by atoms with Crippen LogP contribution in [-0.2, 0) is 0 Å². The highest BCUT2D eigenvalue weighted by Gasteiger charge is 2.47. The molecule has 28 heavy (non-hydrogen) atoms. The van der Waals surface area contributed by atoms with Crippen LogP contribution in [0.4, 0.5) is 0 Å². The van der Waals surface area contributed by atoms with E-state index in [0.29, 0.717) is 33.9 Å². The van der Waals surface area contributed by atoms with E-state index in [1.165, 1.54) is 32.5 Å². The van der Waals surface area contributed by atoms with Gasteiger partial charge in [-0.2, -0.15) is 0 Å². The van der Waals surface area contributed by atoms with Crippen LogP contribution < -0.4 is 5.73 Å². The van der Waals surface area contributed by atoms with Crippen LogP contribution >= 0.6 is 11.6 Å². The standard InChI is InChI=1S/C21H34ClN5O/c1-15-10-17(25-28-15)18(23)16(19(22)24-5)11-26-9-7-21(12-26)13-27(14-21)8-6-20(2,3)4/h10H,6-9,11-14,23H2,1-5H3/b18-16-,24-19?. The number of aryl methyl sites for hydroxylation is 1. The third-order valence-corrected chi connectivity index (χ3v) is 6.27. The van der Waals surface area contributed by atoms with Gasteiger partial charge in [-0.3, -0.25) is 9.89 Å². The predicted octanol–water partition coefficient (Wildman–Crippen LogP) is 3.36. The Kier molecular flexibility index (Phi) is 6.23. The van der Waals surface area contributed by atoms with Crippen LogP contribution in [0.5, 0.6) is 0 Å². The minimum Gasteiger partial charge on any atom is -0.397 e. The van der Waals surface area contributed by atoms with E-state index in [0.717, 1.165) is 24.4 Å². The van der Waals surface area contributed by atoms with Crippen LogP contribution in [0.1, 0.15) is 45.1 Å².